The minimum absolute atomic E-state index is 0.00106. The number of aromatic nitrogens is 3. The largest absolute Gasteiger partial charge is 0.507 e. The number of aromatic hydroxyl groups is 1. The Bertz CT molecular complexity index is 2530. The van der Waals surface area contributed by atoms with E-state index in [0.29, 0.717) is 81.1 Å². The fraction of sp³-hybridized carbons (Fsp3) is 0.395. The molecule has 1 saturated heterocycles. The number of allylic oxidation sites excluding steroid dienone is 2. The summed E-state index contributed by atoms with van der Waals surface area (Å²) >= 11 is 0. The molecule has 1 saturated carbocycles. The minimum atomic E-state index is -0.721. The number of ether oxygens (including phenoxy) is 1. The molecule has 59 heavy (non-hydrogen) atoms. The average molecular weight is 809 g/mol. The van der Waals surface area contributed by atoms with Crippen molar-refractivity contribution < 1.29 is 28.2 Å². The minimum Gasteiger partial charge on any atom is -0.507 e. The van der Waals surface area contributed by atoms with Crippen molar-refractivity contribution in [2.75, 3.05) is 32.7 Å². The maximum absolute atomic E-state index is 14.6. The molecule has 16 heteroatoms. The number of carbonyl (C=O) groups excluding carboxylic acids is 2. The van der Waals surface area contributed by atoms with Crippen LogP contribution in [0.1, 0.15) is 58.1 Å². The van der Waals surface area contributed by atoms with E-state index in [0.717, 1.165) is 17.8 Å². The van der Waals surface area contributed by atoms with Gasteiger partial charge in [0, 0.05) is 56.6 Å². The van der Waals surface area contributed by atoms with Crippen LogP contribution in [-0.4, -0.2) is 102 Å². The van der Waals surface area contributed by atoms with Crippen LogP contribution in [-0.2, 0) is 16.1 Å². The fourth-order valence-corrected chi connectivity index (χ4v) is 8.22. The maximum atomic E-state index is 14.6. The number of carbonyl (C=O) groups is 2. The van der Waals surface area contributed by atoms with Crippen LogP contribution in [0.25, 0.3) is 27.8 Å². The number of amidine groups is 1. The van der Waals surface area contributed by atoms with Crippen LogP contribution in [0.2, 0.25) is 0 Å². The number of piperazine rings is 1. The highest BCUT2D eigenvalue weighted by Gasteiger charge is 2.33. The Labute approximate surface area is 338 Å². The maximum Gasteiger partial charge on any atom is 0.410 e. The van der Waals surface area contributed by atoms with Crippen molar-refractivity contribution in [3.05, 3.63) is 111 Å². The molecule has 1 unspecified atom stereocenters. The Morgan fingerprint density at radius 1 is 0.966 bits per heavy atom. The Hall–Kier alpha value is -6.16. The summed E-state index contributed by atoms with van der Waals surface area (Å²) in [5, 5.41) is 14.2. The van der Waals surface area contributed by atoms with Gasteiger partial charge >= 0.3 is 11.8 Å². The molecular formula is C43H46F2N8O6. The molecule has 5 heterocycles. The lowest BCUT2D eigenvalue weighted by molar-refractivity contribution is -0.123. The van der Waals surface area contributed by atoms with Crippen LogP contribution < -0.4 is 16.6 Å². The van der Waals surface area contributed by atoms with Gasteiger partial charge < -0.3 is 25.0 Å². The van der Waals surface area contributed by atoms with E-state index in [1.54, 1.807) is 40.1 Å². The number of pyridine rings is 1. The Morgan fingerprint density at radius 2 is 1.73 bits per heavy atom. The smallest absolute Gasteiger partial charge is 0.410 e. The van der Waals surface area contributed by atoms with Crippen LogP contribution in [0.15, 0.2) is 93.5 Å². The zero-order valence-electron chi connectivity index (χ0n) is 33.1. The lowest BCUT2D eigenvalue weighted by atomic mass is 9.90. The molecule has 0 radical (unpaired) electrons. The zero-order chi connectivity index (χ0) is 41.6. The van der Waals surface area contributed by atoms with E-state index in [9.17, 15) is 33.1 Å². The van der Waals surface area contributed by atoms with Crippen LogP contribution in [0.3, 0.4) is 0 Å². The second-order valence-corrected chi connectivity index (χ2v) is 16.5. The van der Waals surface area contributed by atoms with Gasteiger partial charge in [0.25, 0.3) is 5.56 Å². The molecule has 4 aromatic rings. The molecule has 14 nitrogen and oxygen atoms in total. The van der Waals surface area contributed by atoms with Crippen LogP contribution in [0.5, 0.6) is 5.75 Å². The normalized spacial score (nSPS) is 20.9. The van der Waals surface area contributed by atoms with E-state index < -0.39 is 40.6 Å². The van der Waals surface area contributed by atoms with Gasteiger partial charge in [-0.15, -0.1) is 0 Å². The number of phenols is 1. The standard InChI is InChI=1S/C43H46F2N8O6/c1-43(2,3)59-42(58)50-17-15-49(16-18-50)23-26-7-13-33(36(54)19-26)27-5-4-6-32(20-27)52-38-34(21-29(45)22-46-38)40(56)53(41(52)57)31-11-9-30(10-12-31)47-39(55)35-25-51-24-28(44)8-14-37(51)48-35/h4-8,13-14,19-22,24,30-31,35,54H,9-12,15-18,23,25H2,1-3H3,(H,47,55)/t30-,31+,35?. The van der Waals surface area contributed by atoms with Gasteiger partial charge in [-0.1, -0.05) is 24.3 Å². The molecule has 3 aliphatic heterocycles. The van der Waals surface area contributed by atoms with Gasteiger partial charge in [-0.25, -0.2) is 27.9 Å². The molecule has 308 valence electrons. The number of hydrogen-bond acceptors (Lipinski definition) is 10. The Balaban J connectivity index is 0.990. The number of benzene rings is 2. The first-order valence-corrected chi connectivity index (χ1v) is 19.9. The number of halogens is 2. The molecule has 0 spiro atoms. The highest BCUT2D eigenvalue weighted by atomic mass is 19.1. The van der Waals surface area contributed by atoms with Gasteiger partial charge in [-0.2, -0.15) is 0 Å². The third-order valence-corrected chi connectivity index (χ3v) is 11.1. The molecule has 1 aliphatic carbocycles. The van der Waals surface area contributed by atoms with E-state index in [-0.39, 0.29) is 41.4 Å². The Morgan fingerprint density at radius 3 is 2.46 bits per heavy atom. The van der Waals surface area contributed by atoms with Crippen molar-refractivity contribution in [1.82, 2.24) is 34.1 Å². The molecule has 8 rings (SSSR count). The van der Waals surface area contributed by atoms with E-state index in [2.05, 4.69) is 20.2 Å². The van der Waals surface area contributed by atoms with Crippen LogP contribution >= 0.6 is 0 Å². The SMILES string of the molecule is CC(C)(C)OC(=O)N1CCN(Cc2ccc(-c3cccc(-n4c(=O)n([C@H]5CC[C@@H](NC(=O)C6CN7C=C(F)C=CC7=N6)CC5)c(=O)c5cc(F)cnc54)c3)c(O)c2)CC1. The first-order chi connectivity index (χ1) is 28.2. The lowest BCUT2D eigenvalue weighted by Gasteiger charge is -2.35. The molecule has 1 atom stereocenters. The second kappa shape index (κ2) is 15.9. The third-order valence-electron chi connectivity index (χ3n) is 11.1. The Kier molecular flexibility index (Phi) is 10.7. The van der Waals surface area contributed by atoms with Crippen molar-refractivity contribution in [3.8, 4) is 22.6 Å². The number of nitrogens with one attached hydrogen (secondary N) is 1. The van der Waals surface area contributed by atoms with Gasteiger partial charge in [0.05, 0.1) is 23.8 Å². The van der Waals surface area contributed by atoms with Crippen LogP contribution in [0, 0.1) is 5.82 Å². The number of rotatable bonds is 7. The summed E-state index contributed by atoms with van der Waals surface area (Å²) in [5.74, 6) is -0.851. The summed E-state index contributed by atoms with van der Waals surface area (Å²) in [5.41, 5.74) is 0.541. The molecule has 2 fully saturated rings. The number of aliphatic imine (C=N–C) groups is 1. The number of nitrogens with zero attached hydrogens (tertiary/aromatic N) is 7. The van der Waals surface area contributed by atoms with Crippen LogP contribution in [0.4, 0.5) is 13.6 Å². The second-order valence-electron chi connectivity index (χ2n) is 16.5. The predicted molar refractivity (Wildman–Crippen MR) is 217 cm³/mol. The summed E-state index contributed by atoms with van der Waals surface area (Å²) in [6.07, 6.45) is 6.54. The summed E-state index contributed by atoms with van der Waals surface area (Å²) < 4.78 is 36.3. The van der Waals surface area contributed by atoms with Crippen molar-refractivity contribution in [2.45, 2.75) is 76.7 Å². The van der Waals surface area contributed by atoms with Gasteiger partial charge in [0.2, 0.25) is 5.91 Å². The topological polar surface area (TPSA) is 155 Å². The zero-order valence-corrected chi connectivity index (χ0v) is 33.1. The van der Waals surface area contributed by atoms with E-state index >= 15 is 0 Å². The quantitative estimate of drug-likeness (QED) is 0.257. The van der Waals surface area contributed by atoms with E-state index in [1.165, 1.54) is 27.5 Å². The molecule has 2 aromatic heterocycles. The average Bonchev–Trinajstić information content (AvgIpc) is 3.62. The number of hydrogen-bond donors (Lipinski definition) is 2. The molecule has 2 N–H and O–H groups in total. The van der Waals surface area contributed by atoms with E-state index in [1.807, 2.05) is 32.9 Å². The molecule has 2 amide bonds. The van der Waals surface area contributed by atoms with Crippen molar-refractivity contribution in [3.63, 3.8) is 0 Å². The van der Waals surface area contributed by atoms with Gasteiger partial charge in [0.15, 0.2) is 5.65 Å². The van der Waals surface area contributed by atoms with Crippen molar-refractivity contribution in [1.29, 1.82) is 0 Å². The first kappa shape index (κ1) is 39.7. The number of phenolic OH excluding ortho intramolecular Hbond substituents is 1. The molecule has 4 aliphatic rings. The summed E-state index contributed by atoms with van der Waals surface area (Å²) in [6.45, 7) is 8.70. The van der Waals surface area contributed by atoms with Crippen molar-refractivity contribution >= 4 is 28.9 Å². The molecule has 2 aromatic carbocycles. The number of amides is 2. The summed E-state index contributed by atoms with van der Waals surface area (Å²) in [7, 11) is 0. The summed E-state index contributed by atoms with van der Waals surface area (Å²) in [6, 6.07) is 12.0. The first-order valence-electron chi connectivity index (χ1n) is 19.9. The summed E-state index contributed by atoms with van der Waals surface area (Å²) in [4.78, 5) is 68.1. The number of fused-ring (bicyclic) bond motifs is 2. The van der Waals surface area contributed by atoms with Gasteiger partial charge in [-0.3, -0.25) is 24.0 Å². The molecule has 0 bridgehead atoms. The van der Waals surface area contributed by atoms with Crippen molar-refractivity contribution in [2.24, 2.45) is 4.99 Å². The fourth-order valence-electron chi connectivity index (χ4n) is 8.22. The third kappa shape index (κ3) is 8.40. The van der Waals surface area contributed by atoms with E-state index in [4.69, 9.17) is 4.74 Å². The highest BCUT2D eigenvalue weighted by Crippen LogP contribution is 2.33. The lowest BCUT2D eigenvalue weighted by Crippen LogP contribution is -2.49. The predicted octanol–water partition coefficient (Wildman–Crippen LogP) is 5.18. The van der Waals surface area contributed by atoms with Gasteiger partial charge in [0.1, 0.15) is 34.9 Å². The monoisotopic (exact) mass is 808 g/mol. The molecular weight excluding hydrogens is 763 g/mol. The highest BCUT2D eigenvalue weighted by molar-refractivity contribution is 6.00. The van der Waals surface area contributed by atoms with Gasteiger partial charge in [-0.05, 0) is 94.0 Å².